The minimum absolute atomic E-state index is 0.102. The van der Waals surface area contributed by atoms with E-state index in [9.17, 15) is 35.9 Å². The molecule has 0 saturated heterocycles. The van der Waals surface area contributed by atoms with E-state index in [1.165, 1.54) is 0 Å². The summed E-state index contributed by atoms with van der Waals surface area (Å²) in [6.07, 6.45) is -9.33. The molecule has 0 bridgehead atoms. The van der Waals surface area contributed by atoms with Gasteiger partial charge in [0.2, 0.25) is 0 Å². The highest BCUT2D eigenvalue weighted by Crippen LogP contribution is 2.36. The molecule has 0 radical (unpaired) electrons. The van der Waals surface area contributed by atoms with Crippen LogP contribution in [0.3, 0.4) is 0 Å². The van der Waals surface area contributed by atoms with Gasteiger partial charge in [-0.1, -0.05) is 11.6 Å². The molecule has 2 aromatic rings. The van der Waals surface area contributed by atoms with Gasteiger partial charge in [-0.3, -0.25) is 9.59 Å². The number of hydrogen-bond acceptors (Lipinski definition) is 2. The van der Waals surface area contributed by atoms with Crippen LogP contribution in [0.1, 0.15) is 11.1 Å². The molecule has 0 fully saturated rings. The molecule has 4 nitrogen and oxygen atoms in total. The average Bonchev–Trinajstić information content (AvgIpc) is 2.55. The van der Waals surface area contributed by atoms with E-state index in [0.29, 0.717) is 18.2 Å². The number of alkyl halides is 6. The normalized spacial score (nSPS) is 11.8. The molecule has 0 aliphatic rings. The van der Waals surface area contributed by atoms with Crippen LogP contribution in [0, 0.1) is 0 Å². The van der Waals surface area contributed by atoms with Crippen molar-refractivity contribution < 1.29 is 35.9 Å². The number of hydrogen-bond donors (Lipinski definition) is 2. The highest BCUT2D eigenvalue weighted by atomic mass is 35.5. The van der Waals surface area contributed by atoms with Crippen LogP contribution in [0.25, 0.3) is 0 Å². The van der Waals surface area contributed by atoms with Crippen molar-refractivity contribution in [2.24, 2.45) is 0 Å². The van der Waals surface area contributed by atoms with Crippen LogP contribution in [0.2, 0.25) is 5.02 Å². The molecule has 2 aromatic carbocycles. The third kappa shape index (κ3) is 5.36. The van der Waals surface area contributed by atoms with E-state index in [2.05, 4.69) is 0 Å². The van der Waals surface area contributed by atoms with Crippen LogP contribution in [-0.2, 0) is 21.9 Å². The first-order chi connectivity index (χ1) is 12.4. The van der Waals surface area contributed by atoms with Crippen molar-refractivity contribution >= 4 is 34.8 Å². The Bertz CT molecular complexity index is 863. The Morgan fingerprint density at radius 1 is 0.741 bits per heavy atom. The van der Waals surface area contributed by atoms with Gasteiger partial charge in [-0.05, 0) is 42.5 Å². The highest BCUT2D eigenvalue weighted by molar-refractivity contribution is 6.43. The molecular weight excluding hydrogens is 402 g/mol. The summed E-state index contributed by atoms with van der Waals surface area (Å²) in [5, 5.41) is 3.39. The first-order valence-electron chi connectivity index (χ1n) is 7.04. The fraction of sp³-hybridized carbons (Fsp3) is 0.125. The van der Waals surface area contributed by atoms with Gasteiger partial charge >= 0.3 is 24.2 Å². The lowest BCUT2D eigenvalue weighted by molar-refractivity contribution is -0.138. The number of carbonyl (C=O) groups excluding carboxylic acids is 2. The van der Waals surface area contributed by atoms with Gasteiger partial charge < -0.3 is 10.6 Å². The van der Waals surface area contributed by atoms with Crippen LogP contribution < -0.4 is 10.6 Å². The summed E-state index contributed by atoms with van der Waals surface area (Å²) in [4.78, 5) is 23.5. The Morgan fingerprint density at radius 3 is 1.70 bits per heavy atom. The molecule has 11 heteroatoms. The summed E-state index contributed by atoms with van der Waals surface area (Å²) < 4.78 is 75.7. The molecule has 2 amide bonds. The first-order valence-corrected chi connectivity index (χ1v) is 7.42. The standard InChI is InChI=1S/C16H9ClF6N2O2/c17-12-6-5-10(7-11(12)16(21,22)23)25-14(27)13(26)24-9-3-1-8(2-4-9)15(18,19)20/h1-7H,(H,24,26)(H,25,27). The lowest BCUT2D eigenvalue weighted by atomic mass is 10.2. The summed E-state index contributed by atoms with van der Waals surface area (Å²) in [6, 6.07) is 5.75. The van der Waals surface area contributed by atoms with Gasteiger partial charge in [-0.2, -0.15) is 26.3 Å². The molecule has 0 aromatic heterocycles. The van der Waals surface area contributed by atoms with Crippen molar-refractivity contribution in [1.82, 2.24) is 0 Å². The Morgan fingerprint density at radius 2 is 1.22 bits per heavy atom. The maximum absolute atomic E-state index is 12.8. The molecular formula is C16H9ClF6N2O2. The van der Waals surface area contributed by atoms with Gasteiger partial charge in [0.25, 0.3) is 0 Å². The molecule has 0 aliphatic carbocycles. The lowest BCUT2D eigenvalue weighted by Gasteiger charge is -2.12. The predicted octanol–water partition coefficient (Wildman–Crippen LogP) is 4.95. The van der Waals surface area contributed by atoms with Crippen molar-refractivity contribution in [2.75, 3.05) is 10.6 Å². The highest BCUT2D eigenvalue weighted by Gasteiger charge is 2.33. The number of benzene rings is 2. The lowest BCUT2D eigenvalue weighted by Crippen LogP contribution is -2.29. The van der Waals surface area contributed by atoms with E-state index in [4.69, 9.17) is 11.6 Å². The zero-order valence-electron chi connectivity index (χ0n) is 13.0. The van der Waals surface area contributed by atoms with Crippen molar-refractivity contribution in [3.05, 3.63) is 58.6 Å². The smallest absolute Gasteiger partial charge is 0.318 e. The fourth-order valence-electron chi connectivity index (χ4n) is 1.94. The Balaban J connectivity index is 2.07. The molecule has 2 N–H and O–H groups in total. The number of nitrogens with one attached hydrogen (secondary N) is 2. The van der Waals surface area contributed by atoms with E-state index in [0.717, 1.165) is 24.3 Å². The van der Waals surface area contributed by atoms with Gasteiger partial charge in [-0.15, -0.1) is 0 Å². The number of rotatable bonds is 2. The molecule has 27 heavy (non-hydrogen) atoms. The number of anilines is 2. The van der Waals surface area contributed by atoms with Gasteiger partial charge in [0.05, 0.1) is 16.1 Å². The van der Waals surface area contributed by atoms with Gasteiger partial charge in [0.15, 0.2) is 0 Å². The minimum Gasteiger partial charge on any atom is -0.318 e. The van der Waals surface area contributed by atoms with Crippen molar-refractivity contribution in [3.8, 4) is 0 Å². The maximum atomic E-state index is 12.8. The second-order valence-electron chi connectivity index (χ2n) is 5.18. The van der Waals surface area contributed by atoms with Crippen LogP contribution in [0.5, 0.6) is 0 Å². The van der Waals surface area contributed by atoms with Gasteiger partial charge in [-0.25, -0.2) is 0 Å². The topological polar surface area (TPSA) is 58.2 Å². The Labute approximate surface area is 153 Å². The Hall–Kier alpha value is -2.75. The quantitative estimate of drug-likeness (QED) is 0.543. The summed E-state index contributed by atoms with van der Waals surface area (Å²) >= 11 is 5.44. The third-order valence-electron chi connectivity index (χ3n) is 3.21. The van der Waals surface area contributed by atoms with Crippen LogP contribution >= 0.6 is 11.6 Å². The molecule has 0 spiro atoms. The van der Waals surface area contributed by atoms with E-state index >= 15 is 0 Å². The fourth-order valence-corrected chi connectivity index (χ4v) is 2.16. The van der Waals surface area contributed by atoms with E-state index < -0.39 is 40.3 Å². The van der Waals surface area contributed by atoms with E-state index in [-0.39, 0.29) is 11.4 Å². The molecule has 2 rings (SSSR count). The van der Waals surface area contributed by atoms with Crippen LogP contribution in [0.4, 0.5) is 37.7 Å². The van der Waals surface area contributed by atoms with Crippen molar-refractivity contribution in [1.29, 1.82) is 0 Å². The van der Waals surface area contributed by atoms with E-state index in [1.807, 2.05) is 10.6 Å². The zero-order chi connectivity index (χ0) is 20.4. The number of carbonyl (C=O) groups is 2. The average molecular weight is 411 g/mol. The van der Waals surface area contributed by atoms with Crippen LogP contribution in [0.15, 0.2) is 42.5 Å². The maximum Gasteiger partial charge on any atom is 0.417 e. The molecule has 0 aliphatic heterocycles. The third-order valence-corrected chi connectivity index (χ3v) is 3.54. The zero-order valence-corrected chi connectivity index (χ0v) is 13.8. The second-order valence-corrected chi connectivity index (χ2v) is 5.58. The molecule has 0 saturated carbocycles. The summed E-state index contributed by atoms with van der Waals surface area (Å²) in [5.41, 5.74) is -2.59. The molecule has 0 atom stereocenters. The molecule has 0 heterocycles. The van der Waals surface area contributed by atoms with E-state index in [1.54, 1.807) is 0 Å². The first kappa shape index (κ1) is 20.6. The second kappa shape index (κ2) is 7.47. The number of amides is 2. The monoisotopic (exact) mass is 410 g/mol. The summed E-state index contributed by atoms with van der Waals surface area (Å²) in [7, 11) is 0. The summed E-state index contributed by atoms with van der Waals surface area (Å²) in [6.45, 7) is 0. The van der Waals surface area contributed by atoms with Gasteiger partial charge in [0, 0.05) is 11.4 Å². The van der Waals surface area contributed by atoms with Crippen molar-refractivity contribution in [3.63, 3.8) is 0 Å². The largest absolute Gasteiger partial charge is 0.417 e. The Kier molecular flexibility index (Phi) is 5.69. The van der Waals surface area contributed by atoms with Gasteiger partial charge in [0.1, 0.15) is 0 Å². The van der Waals surface area contributed by atoms with Crippen LogP contribution in [-0.4, -0.2) is 11.8 Å². The number of halogens is 7. The molecule has 0 unspecified atom stereocenters. The predicted molar refractivity (Wildman–Crippen MR) is 85.2 cm³/mol. The minimum atomic E-state index is -4.76. The molecule has 144 valence electrons. The summed E-state index contributed by atoms with van der Waals surface area (Å²) in [5.74, 6) is -2.59. The van der Waals surface area contributed by atoms with Crippen molar-refractivity contribution in [2.45, 2.75) is 12.4 Å². The SMILES string of the molecule is O=C(Nc1ccc(C(F)(F)F)cc1)C(=O)Nc1ccc(Cl)c(C(F)(F)F)c1.